The third kappa shape index (κ3) is 2.36. The molecule has 1 aromatic rings. The number of hydrogen-bond donors (Lipinski definition) is 3. The highest BCUT2D eigenvalue weighted by Crippen LogP contribution is 2.24. The summed E-state index contributed by atoms with van der Waals surface area (Å²) in [5, 5.41) is 9.19. The van der Waals surface area contributed by atoms with Crippen molar-refractivity contribution in [2.45, 2.75) is 25.8 Å². The molecule has 0 spiro atoms. The standard InChI is InChI=1S/C10H16N2O/c1-2-3-8(11)7-4-5-10(13)9(12)6-7/h4-6,8,13H,2-3,11-12H2,1H3. The molecule has 1 rings (SSSR count). The van der Waals surface area contributed by atoms with Crippen LogP contribution in [0.4, 0.5) is 5.69 Å². The van der Waals surface area contributed by atoms with Crippen LogP contribution in [0.15, 0.2) is 18.2 Å². The van der Waals surface area contributed by atoms with Crippen molar-refractivity contribution in [2.24, 2.45) is 5.73 Å². The van der Waals surface area contributed by atoms with E-state index in [1.165, 1.54) is 0 Å². The number of nitrogens with two attached hydrogens (primary N) is 2. The number of hydrogen-bond acceptors (Lipinski definition) is 3. The van der Waals surface area contributed by atoms with E-state index in [4.69, 9.17) is 11.5 Å². The highest BCUT2D eigenvalue weighted by atomic mass is 16.3. The summed E-state index contributed by atoms with van der Waals surface area (Å²) in [4.78, 5) is 0. The van der Waals surface area contributed by atoms with Gasteiger partial charge >= 0.3 is 0 Å². The lowest BCUT2D eigenvalue weighted by atomic mass is 10.0. The van der Waals surface area contributed by atoms with Gasteiger partial charge in [0.2, 0.25) is 0 Å². The van der Waals surface area contributed by atoms with Crippen molar-refractivity contribution in [2.75, 3.05) is 5.73 Å². The summed E-state index contributed by atoms with van der Waals surface area (Å²) in [5.41, 5.74) is 12.8. The second-order valence-electron chi connectivity index (χ2n) is 3.21. The van der Waals surface area contributed by atoms with Gasteiger partial charge in [-0.05, 0) is 24.1 Å². The topological polar surface area (TPSA) is 72.3 Å². The Bertz CT molecular complexity index is 286. The summed E-state index contributed by atoms with van der Waals surface area (Å²) in [7, 11) is 0. The van der Waals surface area contributed by atoms with Crippen LogP contribution in [0.3, 0.4) is 0 Å². The molecule has 0 heterocycles. The van der Waals surface area contributed by atoms with E-state index in [0.29, 0.717) is 5.69 Å². The van der Waals surface area contributed by atoms with Crippen molar-refractivity contribution >= 4 is 5.69 Å². The van der Waals surface area contributed by atoms with E-state index in [-0.39, 0.29) is 11.8 Å². The van der Waals surface area contributed by atoms with E-state index in [1.54, 1.807) is 12.1 Å². The zero-order valence-electron chi connectivity index (χ0n) is 7.83. The zero-order valence-corrected chi connectivity index (χ0v) is 7.83. The Morgan fingerprint density at radius 1 is 1.46 bits per heavy atom. The average molecular weight is 180 g/mol. The van der Waals surface area contributed by atoms with E-state index in [9.17, 15) is 5.11 Å². The summed E-state index contributed by atoms with van der Waals surface area (Å²) < 4.78 is 0. The molecule has 1 unspecified atom stereocenters. The van der Waals surface area contributed by atoms with Crippen LogP contribution in [0, 0.1) is 0 Å². The summed E-state index contributed by atoms with van der Waals surface area (Å²) in [6.45, 7) is 2.09. The van der Waals surface area contributed by atoms with Crippen LogP contribution in [0.1, 0.15) is 31.4 Å². The Morgan fingerprint density at radius 2 is 2.15 bits per heavy atom. The second-order valence-corrected chi connectivity index (χ2v) is 3.21. The third-order valence-corrected chi connectivity index (χ3v) is 2.08. The first-order valence-corrected chi connectivity index (χ1v) is 4.49. The van der Waals surface area contributed by atoms with Gasteiger partial charge in [0.25, 0.3) is 0 Å². The lowest BCUT2D eigenvalue weighted by Gasteiger charge is -2.11. The SMILES string of the molecule is CCCC(N)c1ccc(O)c(N)c1. The van der Waals surface area contributed by atoms with Crippen LogP contribution < -0.4 is 11.5 Å². The molecular formula is C10H16N2O. The zero-order chi connectivity index (χ0) is 9.84. The fourth-order valence-corrected chi connectivity index (χ4v) is 1.28. The van der Waals surface area contributed by atoms with E-state index < -0.39 is 0 Å². The monoisotopic (exact) mass is 180 g/mol. The molecule has 0 bridgehead atoms. The van der Waals surface area contributed by atoms with Crippen LogP contribution in [0.2, 0.25) is 0 Å². The molecule has 13 heavy (non-hydrogen) atoms. The minimum absolute atomic E-state index is 0.0212. The van der Waals surface area contributed by atoms with Crippen LogP contribution in [-0.2, 0) is 0 Å². The van der Waals surface area contributed by atoms with Gasteiger partial charge in [-0.3, -0.25) is 0 Å². The lowest BCUT2D eigenvalue weighted by Crippen LogP contribution is -2.09. The number of nitrogen functional groups attached to an aromatic ring is 1. The molecule has 0 aliphatic carbocycles. The normalized spacial score (nSPS) is 12.8. The molecule has 0 amide bonds. The van der Waals surface area contributed by atoms with Gasteiger partial charge in [0, 0.05) is 6.04 Å². The smallest absolute Gasteiger partial charge is 0.138 e. The van der Waals surface area contributed by atoms with Gasteiger partial charge in [-0.1, -0.05) is 19.4 Å². The maximum Gasteiger partial charge on any atom is 0.138 e. The van der Waals surface area contributed by atoms with Gasteiger partial charge in [0.05, 0.1) is 5.69 Å². The second kappa shape index (κ2) is 4.14. The first kappa shape index (κ1) is 9.86. The first-order valence-electron chi connectivity index (χ1n) is 4.49. The van der Waals surface area contributed by atoms with Gasteiger partial charge in [-0.2, -0.15) is 0 Å². The van der Waals surface area contributed by atoms with E-state index >= 15 is 0 Å². The molecule has 0 aliphatic heterocycles. The van der Waals surface area contributed by atoms with Crippen molar-refractivity contribution in [3.05, 3.63) is 23.8 Å². The van der Waals surface area contributed by atoms with Crippen molar-refractivity contribution in [1.82, 2.24) is 0 Å². The Morgan fingerprint density at radius 3 is 2.69 bits per heavy atom. The van der Waals surface area contributed by atoms with E-state index in [0.717, 1.165) is 18.4 Å². The van der Waals surface area contributed by atoms with Gasteiger partial charge in [-0.25, -0.2) is 0 Å². The van der Waals surface area contributed by atoms with Gasteiger partial charge in [0.15, 0.2) is 0 Å². The summed E-state index contributed by atoms with van der Waals surface area (Å²) >= 11 is 0. The summed E-state index contributed by atoms with van der Waals surface area (Å²) in [6, 6.07) is 5.15. The molecule has 1 aromatic carbocycles. The molecule has 0 saturated heterocycles. The Labute approximate surface area is 78.4 Å². The van der Waals surface area contributed by atoms with Crippen LogP contribution in [0.25, 0.3) is 0 Å². The average Bonchev–Trinajstić information content (AvgIpc) is 2.10. The minimum Gasteiger partial charge on any atom is -0.506 e. The molecule has 5 N–H and O–H groups in total. The fraction of sp³-hybridized carbons (Fsp3) is 0.400. The maximum atomic E-state index is 9.19. The number of anilines is 1. The van der Waals surface area contributed by atoms with Crippen molar-refractivity contribution in [1.29, 1.82) is 0 Å². The number of phenolic OH excluding ortho intramolecular Hbond substituents is 1. The number of phenols is 1. The molecule has 0 radical (unpaired) electrons. The Kier molecular flexibility index (Phi) is 3.14. The van der Waals surface area contributed by atoms with Crippen molar-refractivity contribution in [3.8, 4) is 5.75 Å². The molecule has 0 aliphatic rings. The van der Waals surface area contributed by atoms with Crippen molar-refractivity contribution < 1.29 is 5.11 Å². The number of benzene rings is 1. The first-order chi connectivity index (χ1) is 6.15. The minimum atomic E-state index is 0.0212. The molecule has 0 saturated carbocycles. The molecule has 72 valence electrons. The summed E-state index contributed by atoms with van der Waals surface area (Å²) in [5.74, 6) is 0.118. The predicted octanol–water partition coefficient (Wildman–Crippen LogP) is 1.77. The maximum absolute atomic E-state index is 9.19. The highest BCUT2D eigenvalue weighted by molar-refractivity contribution is 5.53. The van der Waals surface area contributed by atoms with Gasteiger partial charge < -0.3 is 16.6 Å². The predicted molar refractivity (Wildman–Crippen MR) is 54.4 cm³/mol. The number of rotatable bonds is 3. The van der Waals surface area contributed by atoms with E-state index in [1.807, 2.05) is 6.07 Å². The molecule has 0 fully saturated rings. The van der Waals surface area contributed by atoms with Crippen LogP contribution in [-0.4, -0.2) is 5.11 Å². The quantitative estimate of drug-likeness (QED) is 0.490. The van der Waals surface area contributed by atoms with Crippen LogP contribution >= 0.6 is 0 Å². The molecule has 0 aromatic heterocycles. The third-order valence-electron chi connectivity index (χ3n) is 2.08. The Hall–Kier alpha value is -1.22. The number of aromatic hydroxyl groups is 1. The largest absolute Gasteiger partial charge is 0.506 e. The van der Waals surface area contributed by atoms with Crippen LogP contribution in [0.5, 0.6) is 5.75 Å². The molecular weight excluding hydrogens is 164 g/mol. The Balaban J connectivity index is 2.84. The molecule has 1 atom stereocenters. The van der Waals surface area contributed by atoms with Gasteiger partial charge in [0.1, 0.15) is 5.75 Å². The molecule has 3 heteroatoms. The molecule has 3 nitrogen and oxygen atoms in total. The van der Waals surface area contributed by atoms with E-state index in [2.05, 4.69) is 6.92 Å². The summed E-state index contributed by atoms with van der Waals surface area (Å²) in [6.07, 6.45) is 1.98. The fourth-order valence-electron chi connectivity index (χ4n) is 1.28. The van der Waals surface area contributed by atoms with Crippen molar-refractivity contribution in [3.63, 3.8) is 0 Å². The van der Waals surface area contributed by atoms with Gasteiger partial charge in [-0.15, -0.1) is 0 Å². The lowest BCUT2D eigenvalue weighted by molar-refractivity contribution is 0.477. The highest BCUT2D eigenvalue weighted by Gasteiger charge is 2.06.